The van der Waals surface area contributed by atoms with Gasteiger partial charge in [0.05, 0.1) is 6.61 Å². The molecule has 2 N–H and O–H groups in total. The van der Waals surface area contributed by atoms with Gasteiger partial charge in [-0.05, 0) is 19.1 Å². The SMILES string of the molecule is COC[C@H]1O[C@@H](n2cc(C)c(N)nc2=S)C(F)C1OC. The van der Waals surface area contributed by atoms with Crippen molar-refractivity contribution in [2.45, 2.75) is 31.5 Å². The third kappa shape index (κ3) is 2.69. The summed E-state index contributed by atoms with van der Waals surface area (Å²) in [5.41, 5.74) is 6.39. The Kier molecular flexibility index (Phi) is 4.69. The van der Waals surface area contributed by atoms with Gasteiger partial charge >= 0.3 is 0 Å². The first-order valence-electron chi connectivity index (χ1n) is 6.16. The Morgan fingerprint density at radius 1 is 1.55 bits per heavy atom. The maximum atomic E-state index is 14.5. The molecule has 0 amide bonds. The van der Waals surface area contributed by atoms with Crippen molar-refractivity contribution in [3.63, 3.8) is 0 Å². The van der Waals surface area contributed by atoms with Gasteiger partial charge in [-0.2, -0.15) is 0 Å². The fraction of sp³-hybridized carbons (Fsp3) is 0.667. The molecule has 8 heteroatoms. The highest BCUT2D eigenvalue weighted by Gasteiger charge is 2.46. The molecule has 0 aliphatic carbocycles. The van der Waals surface area contributed by atoms with Crippen LogP contribution in [0.3, 0.4) is 0 Å². The van der Waals surface area contributed by atoms with E-state index in [0.29, 0.717) is 11.4 Å². The van der Waals surface area contributed by atoms with E-state index in [1.807, 2.05) is 0 Å². The lowest BCUT2D eigenvalue weighted by Crippen LogP contribution is -2.33. The van der Waals surface area contributed by atoms with E-state index in [1.165, 1.54) is 18.8 Å². The Morgan fingerprint density at radius 3 is 2.85 bits per heavy atom. The summed E-state index contributed by atoms with van der Waals surface area (Å²) in [6.07, 6.45) is -1.82. The number of anilines is 1. The lowest BCUT2D eigenvalue weighted by atomic mass is 10.1. The average Bonchev–Trinajstić information content (AvgIpc) is 2.71. The van der Waals surface area contributed by atoms with Crippen molar-refractivity contribution in [3.8, 4) is 0 Å². The second-order valence-corrected chi connectivity index (χ2v) is 5.03. The molecule has 112 valence electrons. The Labute approximate surface area is 121 Å². The smallest absolute Gasteiger partial charge is 0.203 e. The third-order valence-corrected chi connectivity index (χ3v) is 3.62. The van der Waals surface area contributed by atoms with Gasteiger partial charge in [0.1, 0.15) is 18.0 Å². The number of alkyl halides is 1. The van der Waals surface area contributed by atoms with Gasteiger partial charge < -0.3 is 19.9 Å². The van der Waals surface area contributed by atoms with Gasteiger partial charge in [0, 0.05) is 26.0 Å². The zero-order valence-corrected chi connectivity index (χ0v) is 12.4. The molecule has 1 saturated heterocycles. The van der Waals surface area contributed by atoms with Crippen LogP contribution in [0.5, 0.6) is 0 Å². The number of nitrogens with two attached hydrogens (primary N) is 1. The number of hydrogen-bond donors (Lipinski definition) is 1. The van der Waals surface area contributed by atoms with Crippen molar-refractivity contribution in [3.05, 3.63) is 16.5 Å². The quantitative estimate of drug-likeness (QED) is 0.848. The number of nitrogen functional groups attached to an aromatic ring is 1. The summed E-state index contributed by atoms with van der Waals surface area (Å²) in [5.74, 6) is 0.330. The zero-order valence-electron chi connectivity index (χ0n) is 11.6. The second kappa shape index (κ2) is 6.13. The molecule has 20 heavy (non-hydrogen) atoms. The van der Waals surface area contributed by atoms with Crippen LogP contribution in [-0.4, -0.2) is 48.8 Å². The lowest BCUT2D eigenvalue weighted by Gasteiger charge is -2.18. The van der Waals surface area contributed by atoms with Crippen LogP contribution < -0.4 is 5.73 Å². The fourth-order valence-electron chi connectivity index (χ4n) is 2.26. The van der Waals surface area contributed by atoms with Gasteiger partial charge in [-0.3, -0.25) is 4.57 Å². The zero-order chi connectivity index (χ0) is 14.9. The first kappa shape index (κ1) is 15.3. The van der Waals surface area contributed by atoms with Crippen LogP contribution in [0.1, 0.15) is 11.8 Å². The minimum atomic E-state index is -1.36. The van der Waals surface area contributed by atoms with Crippen LogP contribution in [0.15, 0.2) is 6.20 Å². The summed E-state index contributed by atoms with van der Waals surface area (Å²) in [6.45, 7) is 2.01. The van der Waals surface area contributed by atoms with E-state index >= 15 is 0 Å². The molecule has 0 radical (unpaired) electrons. The highest BCUT2D eigenvalue weighted by atomic mass is 32.1. The molecule has 2 rings (SSSR count). The maximum absolute atomic E-state index is 14.5. The number of halogens is 1. The van der Waals surface area contributed by atoms with Crippen LogP contribution in [-0.2, 0) is 14.2 Å². The summed E-state index contributed by atoms with van der Waals surface area (Å²) < 4.78 is 32.0. The van der Waals surface area contributed by atoms with Gasteiger partial charge in [-0.25, -0.2) is 9.37 Å². The molecule has 1 fully saturated rings. The van der Waals surface area contributed by atoms with Crippen molar-refractivity contribution in [2.75, 3.05) is 26.6 Å². The van der Waals surface area contributed by atoms with Crippen molar-refractivity contribution >= 4 is 18.0 Å². The topological polar surface area (TPSA) is 71.5 Å². The number of methoxy groups -OCH3 is 2. The minimum absolute atomic E-state index is 0.175. The largest absolute Gasteiger partial charge is 0.383 e. The summed E-state index contributed by atoms with van der Waals surface area (Å²) in [6, 6.07) is 0. The molecule has 1 aliphatic rings. The number of nitrogens with zero attached hydrogens (tertiary/aromatic N) is 2. The summed E-state index contributed by atoms with van der Waals surface area (Å²) in [5, 5.41) is 0. The third-order valence-electron chi connectivity index (χ3n) is 3.32. The molecule has 2 heterocycles. The lowest BCUT2D eigenvalue weighted by molar-refractivity contribution is -0.0620. The predicted molar refractivity (Wildman–Crippen MR) is 73.7 cm³/mol. The summed E-state index contributed by atoms with van der Waals surface area (Å²) in [7, 11) is 2.97. The van der Waals surface area contributed by atoms with E-state index in [1.54, 1.807) is 13.1 Å². The number of aryl methyl sites for hydroxylation is 1. The van der Waals surface area contributed by atoms with Crippen LogP contribution in [0, 0.1) is 11.7 Å². The fourth-order valence-corrected chi connectivity index (χ4v) is 2.51. The molecular weight excluding hydrogens is 285 g/mol. The standard InChI is InChI=1S/C12H18FN3O3S/c1-6-4-16(12(20)15-10(6)14)11-8(13)9(18-3)7(19-11)5-17-2/h4,7-9,11H,5H2,1-3H3,(H2,14,15,20)/t7-,8?,9?,11-/m1/s1. The normalized spacial score (nSPS) is 29.8. The van der Waals surface area contributed by atoms with Gasteiger partial charge in [0.25, 0.3) is 0 Å². The molecule has 0 aromatic carbocycles. The highest BCUT2D eigenvalue weighted by Crippen LogP contribution is 2.34. The van der Waals surface area contributed by atoms with E-state index in [-0.39, 0.29) is 11.4 Å². The van der Waals surface area contributed by atoms with Crippen molar-refractivity contribution in [1.29, 1.82) is 0 Å². The van der Waals surface area contributed by atoms with Gasteiger partial charge in [-0.15, -0.1) is 0 Å². The minimum Gasteiger partial charge on any atom is -0.383 e. The molecular formula is C12H18FN3O3S. The Morgan fingerprint density at radius 2 is 2.25 bits per heavy atom. The Hall–Kier alpha value is -1.09. The Balaban J connectivity index is 2.34. The summed E-state index contributed by atoms with van der Waals surface area (Å²) >= 11 is 5.12. The van der Waals surface area contributed by atoms with Crippen molar-refractivity contribution in [1.82, 2.24) is 9.55 Å². The van der Waals surface area contributed by atoms with E-state index in [4.69, 9.17) is 32.2 Å². The van der Waals surface area contributed by atoms with E-state index in [2.05, 4.69) is 4.98 Å². The first-order chi connectivity index (χ1) is 9.49. The molecule has 1 aliphatic heterocycles. The second-order valence-electron chi connectivity index (χ2n) is 4.66. The van der Waals surface area contributed by atoms with E-state index in [0.717, 1.165) is 0 Å². The molecule has 6 nitrogen and oxygen atoms in total. The number of aromatic nitrogens is 2. The van der Waals surface area contributed by atoms with Crippen LogP contribution in [0.25, 0.3) is 0 Å². The first-order valence-corrected chi connectivity index (χ1v) is 6.57. The van der Waals surface area contributed by atoms with Crippen molar-refractivity contribution < 1.29 is 18.6 Å². The van der Waals surface area contributed by atoms with E-state index < -0.39 is 24.6 Å². The van der Waals surface area contributed by atoms with Crippen LogP contribution in [0.4, 0.5) is 10.2 Å². The van der Waals surface area contributed by atoms with Gasteiger partial charge in [-0.1, -0.05) is 0 Å². The molecule has 4 atom stereocenters. The molecule has 2 unspecified atom stereocenters. The molecule has 1 aromatic rings. The monoisotopic (exact) mass is 303 g/mol. The highest BCUT2D eigenvalue weighted by molar-refractivity contribution is 7.71. The van der Waals surface area contributed by atoms with E-state index in [9.17, 15) is 4.39 Å². The average molecular weight is 303 g/mol. The van der Waals surface area contributed by atoms with Crippen molar-refractivity contribution in [2.24, 2.45) is 0 Å². The summed E-state index contributed by atoms with van der Waals surface area (Å²) in [4.78, 5) is 4.01. The van der Waals surface area contributed by atoms with Gasteiger partial charge in [0.2, 0.25) is 4.77 Å². The predicted octanol–water partition coefficient (Wildman–Crippen LogP) is 1.40. The number of hydrogen-bond acceptors (Lipinski definition) is 6. The number of ether oxygens (including phenoxy) is 3. The van der Waals surface area contributed by atoms with Gasteiger partial charge in [0.15, 0.2) is 12.4 Å². The molecule has 1 aromatic heterocycles. The van der Waals surface area contributed by atoms with Crippen LogP contribution in [0.2, 0.25) is 0 Å². The Bertz CT molecular complexity index is 539. The van der Waals surface area contributed by atoms with Crippen LogP contribution >= 0.6 is 12.2 Å². The molecule has 0 spiro atoms. The molecule has 0 saturated carbocycles. The molecule has 0 bridgehead atoms. The maximum Gasteiger partial charge on any atom is 0.203 e. The number of rotatable bonds is 4.